The van der Waals surface area contributed by atoms with E-state index in [0.717, 1.165) is 0 Å². The minimum atomic E-state index is 0. The molecular weight excluding hydrogens is 336 g/mol. The van der Waals surface area contributed by atoms with Gasteiger partial charge in [0.15, 0.2) is 0 Å². The van der Waals surface area contributed by atoms with Crippen molar-refractivity contribution in [2.75, 3.05) is 0 Å². The number of hydrogen-bond donors (Lipinski definition) is 0. The van der Waals surface area contributed by atoms with Crippen LogP contribution in [-0.4, -0.2) is 0 Å². The zero-order valence-electron chi connectivity index (χ0n) is 7.36. The molecule has 0 bridgehead atoms. The Labute approximate surface area is 94.4 Å². The van der Waals surface area contributed by atoms with Gasteiger partial charge in [0.1, 0.15) is 0 Å². The molecule has 0 atom stereocenters. The van der Waals surface area contributed by atoms with E-state index in [9.17, 15) is 0 Å². The molecule has 0 amide bonds. The van der Waals surface area contributed by atoms with Crippen LogP contribution in [0.15, 0.2) is 50.6 Å². The molecule has 0 aliphatic rings. The van der Waals surface area contributed by atoms with Gasteiger partial charge in [-0.1, -0.05) is 50.6 Å². The molecule has 0 rings (SSSR count). The first kappa shape index (κ1) is 29.6. The first-order valence-corrected chi connectivity index (χ1v) is 2.71. The Bertz CT molecular complexity index is 115. The summed E-state index contributed by atoms with van der Waals surface area (Å²) in [7, 11) is 0. The molecule has 2 nitrogen and oxygen atoms in total. The summed E-state index contributed by atoms with van der Waals surface area (Å²) in [4.78, 5) is 0. The second-order valence-corrected chi connectivity index (χ2v) is 0.943. The van der Waals surface area contributed by atoms with Crippen LogP contribution >= 0.6 is 0 Å². The van der Waals surface area contributed by atoms with Crippen molar-refractivity contribution in [3.05, 3.63) is 63.9 Å². The molecule has 0 heterocycles. The summed E-state index contributed by atoms with van der Waals surface area (Å²) in [6.07, 6.45) is 6.56. The van der Waals surface area contributed by atoms with Crippen molar-refractivity contribution in [2.24, 2.45) is 0 Å². The number of hydrogen-bond acceptors (Lipinski definition) is 0. The van der Waals surface area contributed by atoms with E-state index in [1.165, 1.54) is 0 Å². The van der Waals surface area contributed by atoms with Gasteiger partial charge in [-0.05, 0) is 0 Å². The van der Waals surface area contributed by atoms with Gasteiger partial charge >= 0.3 is 22.6 Å². The Kier molecular flexibility index (Phi) is 265. The van der Waals surface area contributed by atoms with Crippen LogP contribution in [0.4, 0.5) is 0 Å². The Balaban J connectivity index is -0.0000000226. The maximum Gasteiger partial charge on any atom is 0 e. The van der Waals surface area contributed by atoms with Crippen molar-refractivity contribution < 1.29 is 30.4 Å². The zero-order valence-corrected chi connectivity index (χ0v) is 10.3. The molecule has 3 heteroatoms. The van der Waals surface area contributed by atoms with E-state index >= 15 is 0 Å². The van der Waals surface area contributed by atoms with E-state index in [0.29, 0.717) is 0 Å². The summed E-state index contributed by atoms with van der Waals surface area (Å²) in [5.41, 5.74) is 0. The van der Waals surface area contributed by atoms with Gasteiger partial charge in [-0.2, -0.15) is 0 Å². The van der Waals surface area contributed by atoms with Crippen molar-refractivity contribution in [1.29, 1.82) is 0 Å². The zero-order chi connectivity index (χ0) is 10.8. The van der Waals surface area contributed by atoms with Crippen LogP contribution in [-0.2, 0) is 30.4 Å². The topological polar surface area (TPSA) is 39.8 Å². The third-order valence-corrected chi connectivity index (χ3v) is 0.333. The summed E-state index contributed by atoms with van der Waals surface area (Å²) in [5.74, 6) is 0. The molecular formula is C10H12O2W. The third-order valence-electron chi connectivity index (χ3n) is 0.333. The predicted molar refractivity (Wildman–Crippen MR) is 48.6 cm³/mol. The average Bonchev–Trinajstić information content (AvgIpc) is 2.23. The molecule has 0 N–H and O–H groups in total. The van der Waals surface area contributed by atoms with Crippen molar-refractivity contribution >= 4 is 0 Å². The molecule has 0 aromatic heterocycles. The van der Waals surface area contributed by atoms with Crippen LogP contribution < -0.4 is 0 Å². The fraction of sp³-hybridized carbons (Fsp3) is 0. The Morgan fingerprint density at radius 3 is 0.692 bits per heavy atom. The summed E-state index contributed by atoms with van der Waals surface area (Å²) in [6.45, 7) is 22.4. The van der Waals surface area contributed by atoms with Gasteiger partial charge in [0.05, 0.1) is 0 Å². The molecule has 13 heavy (non-hydrogen) atoms. The van der Waals surface area contributed by atoms with Gasteiger partial charge in [-0.15, -0.1) is 0 Å². The first-order chi connectivity index (χ1) is 5.83. The van der Waals surface area contributed by atoms with E-state index in [2.05, 4.69) is 39.6 Å². The molecule has 0 spiro atoms. The minimum Gasteiger partial charge on any atom is 0 e. The maximum absolute atomic E-state index is 7.50. The summed E-state index contributed by atoms with van der Waals surface area (Å²) >= 11 is 0. The molecule has 0 fully saturated rings. The van der Waals surface area contributed by atoms with E-state index in [1.807, 2.05) is 0 Å². The van der Waals surface area contributed by atoms with Crippen LogP contribution in [0.2, 0.25) is 0 Å². The fourth-order valence-electron chi connectivity index (χ4n) is 0. The first-order valence-electron chi connectivity index (χ1n) is 2.71. The van der Waals surface area contributed by atoms with Gasteiger partial charge in [0.25, 0.3) is 0 Å². The van der Waals surface area contributed by atoms with Crippen LogP contribution in [0.25, 0.3) is 0 Å². The van der Waals surface area contributed by atoms with Crippen molar-refractivity contribution in [2.45, 2.75) is 0 Å². The molecule has 0 aliphatic heterocycles. The van der Waals surface area contributed by atoms with Crippen molar-refractivity contribution in [1.82, 2.24) is 0 Å². The molecule has 0 aromatic carbocycles. The molecule has 0 aromatic rings. The maximum atomic E-state index is 7.50. The molecule has 0 saturated heterocycles. The fourth-order valence-corrected chi connectivity index (χ4v) is 0. The van der Waals surface area contributed by atoms with E-state index in [-0.39, 0.29) is 21.1 Å². The van der Waals surface area contributed by atoms with Gasteiger partial charge in [-0.3, -0.25) is 0 Å². The molecule has 0 saturated carbocycles. The summed E-state index contributed by atoms with van der Waals surface area (Å²) in [5, 5.41) is 0. The van der Waals surface area contributed by atoms with E-state index < -0.39 is 0 Å². The quantitative estimate of drug-likeness (QED) is 0.418. The molecule has 70 valence electrons. The van der Waals surface area contributed by atoms with Gasteiger partial charge in [0, 0.05) is 21.1 Å². The average molecular weight is 348 g/mol. The summed E-state index contributed by atoms with van der Waals surface area (Å²) < 4.78 is 15.0. The molecule has 0 radical (unpaired) electrons. The largest absolute Gasteiger partial charge is 0 e. The number of allylic oxidation sites excluding steroid dienone is 4. The minimum absolute atomic E-state index is 0. The standard InChI is InChI=1S/2C4H6.2CO.W/c2*1-3-4-2;2*1-2;/h2*3-4H,1-2H2;;;. The second-order valence-electron chi connectivity index (χ2n) is 0.943. The second kappa shape index (κ2) is 117. The molecule has 0 unspecified atom stereocenters. The van der Waals surface area contributed by atoms with Crippen LogP contribution in [0.3, 0.4) is 0 Å². The van der Waals surface area contributed by atoms with Crippen molar-refractivity contribution in [3.63, 3.8) is 0 Å². The Hall–Kier alpha value is -0.872. The van der Waals surface area contributed by atoms with Crippen LogP contribution in [0.1, 0.15) is 0 Å². The van der Waals surface area contributed by atoms with E-state index in [4.69, 9.17) is 9.30 Å². The Morgan fingerprint density at radius 1 is 0.615 bits per heavy atom. The summed E-state index contributed by atoms with van der Waals surface area (Å²) in [6, 6.07) is 0. The smallest absolute Gasteiger partial charge is 0 e. The SMILES string of the molecule is C=CC=C.C=CC=C.[C-]#[O+].[C-]#[O+].[W]. The monoisotopic (exact) mass is 348 g/mol. The van der Waals surface area contributed by atoms with Gasteiger partial charge in [0.2, 0.25) is 0 Å². The van der Waals surface area contributed by atoms with Gasteiger partial charge < -0.3 is 0 Å². The van der Waals surface area contributed by atoms with Crippen molar-refractivity contribution in [3.8, 4) is 0 Å². The predicted octanol–water partition coefficient (Wildman–Crippen LogP) is 2.64. The normalized spacial score (nSPS) is 3.38. The van der Waals surface area contributed by atoms with Crippen LogP contribution in [0, 0.1) is 13.3 Å². The molecule has 0 aliphatic carbocycles. The number of rotatable bonds is 2. The van der Waals surface area contributed by atoms with E-state index in [1.54, 1.807) is 24.3 Å². The van der Waals surface area contributed by atoms with Crippen LogP contribution in [0.5, 0.6) is 0 Å². The van der Waals surface area contributed by atoms with Gasteiger partial charge in [-0.25, -0.2) is 0 Å². The third kappa shape index (κ3) is 728. The Morgan fingerprint density at radius 2 is 0.692 bits per heavy atom.